The van der Waals surface area contributed by atoms with Crippen molar-refractivity contribution in [3.63, 3.8) is 0 Å². The van der Waals surface area contributed by atoms with Gasteiger partial charge in [0.2, 0.25) is 0 Å². The highest BCUT2D eigenvalue weighted by atomic mass is 32.1. The van der Waals surface area contributed by atoms with Crippen molar-refractivity contribution in [1.29, 1.82) is 0 Å². The summed E-state index contributed by atoms with van der Waals surface area (Å²) in [4.78, 5) is 10.3. The van der Waals surface area contributed by atoms with Gasteiger partial charge in [-0.25, -0.2) is 9.97 Å². The van der Waals surface area contributed by atoms with Crippen molar-refractivity contribution in [3.8, 4) is 45.0 Å². The number of benzene rings is 6. The molecule has 9 aromatic rings. The fraction of sp³-hybridized carbons (Fsp3) is 0. The fourth-order valence-electron chi connectivity index (χ4n) is 6.28. The minimum atomic E-state index is 0.725. The Balaban J connectivity index is 1.28. The largest absolute Gasteiger partial charge is 0.228 e. The molecule has 3 heterocycles. The summed E-state index contributed by atoms with van der Waals surface area (Å²) in [5, 5.41) is 5.18. The van der Waals surface area contributed by atoms with E-state index in [9.17, 15) is 0 Å². The molecule has 0 fully saturated rings. The van der Waals surface area contributed by atoms with Gasteiger partial charge in [-0.3, -0.25) is 0 Å². The summed E-state index contributed by atoms with van der Waals surface area (Å²) < 4.78 is 5.17. The van der Waals surface area contributed by atoms with E-state index in [0.717, 1.165) is 33.9 Å². The molecule has 0 aliphatic rings. The van der Waals surface area contributed by atoms with E-state index in [0.29, 0.717) is 0 Å². The molecule has 0 aliphatic heterocycles. The number of hydrogen-bond donors (Lipinski definition) is 0. The maximum Gasteiger partial charge on any atom is 0.160 e. The zero-order valence-electron chi connectivity index (χ0n) is 23.6. The summed E-state index contributed by atoms with van der Waals surface area (Å²) in [6, 6.07) is 51.8. The molecule has 3 aromatic heterocycles. The summed E-state index contributed by atoms with van der Waals surface area (Å²) in [5.41, 5.74) is 7.42. The summed E-state index contributed by atoms with van der Waals surface area (Å²) >= 11 is 3.68. The van der Waals surface area contributed by atoms with Gasteiger partial charge in [0.25, 0.3) is 0 Å². The van der Waals surface area contributed by atoms with Crippen LogP contribution in [0.5, 0.6) is 0 Å². The lowest BCUT2D eigenvalue weighted by Gasteiger charge is -2.14. The Morgan fingerprint density at radius 2 is 0.977 bits per heavy atom. The van der Waals surface area contributed by atoms with E-state index in [4.69, 9.17) is 9.97 Å². The van der Waals surface area contributed by atoms with E-state index in [-0.39, 0.29) is 0 Å². The third-order valence-electron chi connectivity index (χ3n) is 8.33. The maximum atomic E-state index is 5.21. The quantitative estimate of drug-likeness (QED) is 0.202. The van der Waals surface area contributed by atoms with Gasteiger partial charge in [-0.2, -0.15) is 0 Å². The van der Waals surface area contributed by atoms with Gasteiger partial charge in [-0.1, -0.05) is 115 Å². The van der Waals surface area contributed by atoms with Crippen molar-refractivity contribution in [1.82, 2.24) is 9.97 Å². The number of nitrogens with zero attached hydrogens (tertiary/aromatic N) is 2. The Labute approximate surface area is 262 Å². The smallest absolute Gasteiger partial charge is 0.160 e. The third-order valence-corrected chi connectivity index (χ3v) is 10.6. The Morgan fingerprint density at radius 3 is 1.84 bits per heavy atom. The van der Waals surface area contributed by atoms with Gasteiger partial charge in [0.05, 0.1) is 11.4 Å². The molecule has 0 N–H and O–H groups in total. The monoisotopic (exact) mass is 596 g/mol. The molecule has 0 spiro atoms. The molecule has 206 valence electrons. The SMILES string of the molecule is c1ccc(-c2nc(-c3ccc4c(c3)sc3ccccc34)cc(-c3ccccc3-c3cccc4sc5ccccc5c34)n2)cc1. The zero-order valence-corrected chi connectivity index (χ0v) is 25.2. The third kappa shape index (κ3) is 4.15. The topological polar surface area (TPSA) is 25.8 Å². The van der Waals surface area contributed by atoms with Crippen LogP contribution in [0, 0.1) is 0 Å². The van der Waals surface area contributed by atoms with Crippen molar-refractivity contribution in [2.24, 2.45) is 0 Å². The number of hydrogen-bond acceptors (Lipinski definition) is 4. The Kier molecular flexibility index (Phi) is 5.90. The highest BCUT2D eigenvalue weighted by Crippen LogP contribution is 2.43. The van der Waals surface area contributed by atoms with Crippen molar-refractivity contribution < 1.29 is 0 Å². The molecular formula is C40H24N2S2. The number of thiophene rings is 2. The first-order valence-electron chi connectivity index (χ1n) is 14.7. The molecule has 0 amide bonds. The van der Waals surface area contributed by atoms with Crippen LogP contribution in [0.4, 0.5) is 0 Å². The highest BCUT2D eigenvalue weighted by Gasteiger charge is 2.17. The summed E-state index contributed by atoms with van der Waals surface area (Å²) in [6.07, 6.45) is 0. The van der Waals surface area contributed by atoms with Gasteiger partial charge >= 0.3 is 0 Å². The van der Waals surface area contributed by atoms with Crippen molar-refractivity contribution in [2.45, 2.75) is 0 Å². The van der Waals surface area contributed by atoms with Crippen molar-refractivity contribution >= 4 is 63.0 Å². The Bertz CT molecular complexity index is 2510. The first-order chi connectivity index (χ1) is 21.8. The normalized spacial score (nSPS) is 11.6. The van der Waals surface area contributed by atoms with Crippen LogP contribution >= 0.6 is 22.7 Å². The molecule has 9 rings (SSSR count). The van der Waals surface area contributed by atoms with Gasteiger partial charge in [-0.15, -0.1) is 22.7 Å². The molecule has 0 radical (unpaired) electrons. The molecule has 2 nitrogen and oxygen atoms in total. The van der Waals surface area contributed by atoms with Crippen LogP contribution in [0.3, 0.4) is 0 Å². The molecule has 0 atom stereocenters. The minimum absolute atomic E-state index is 0.725. The lowest BCUT2D eigenvalue weighted by Crippen LogP contribution is -1.97. The number of rotatable bonds is 4. The fourth-order valence-corrected chi connectivity index (χ4v) is 8.55. The average molecular weight is 597 g/mol. The lowest BCUT2D eigenvalue weighted by atomic mass is 9.93. The van der Waals surface area contributed by atoms with E-state index in [1.165, 1.54) is 51.5 Å². The molecule has 0 bridgehead atoms. The van der Waals surface area contributed by atoms with E-state index >= 15 is 0 Å². The van der Waals surface area contributed by atoms with Gasteiger partial charge in [0.1, 0.15) is 0 Å². The maximum absolute atomic E-state index is 5.21. The Hall–Kier alpha value is -5.16. The number of aromatic nitrogens is 2. The molecule has 6 aromatic carbocycles. The minimum Gasteiger partial charge on any atom is -0.228 e. The van der Waals surface area contributed by atoms with Gasteiger partial charge in [0.15, 0.2) is 5.82 Å². The first kappa shape index (κ1) is 25.3. The average Bonchev–Trinajstić information content (AvgIpc) is 3.66. The molecule has 0 unspecified atom stereocenters. The van der Waals surface area contributed by atoms with Crippen molar-refractivity contribution in [2.75, 3.05) is 0 Å². The summed E-state index contributed by atoms with van der Waals surface area (Å²) in [6.45, 7) is 0. The van der Waals surface area contributed by atoms with Crippen LogP contribution in [0.1, 0.15) is 0 Å². The van der Waals surface area contributed by atoms with Crippen LogP contribution in [0.15, 0.2) is 146 Å². The second-order valence-electron chi connectivity index (χ2n) is 11.0. The van der Waals surface area contributed by atoms with Gasteiger partial charge in [0, 0.05) is 57.0 Å². The summed E-state index contributed by atoms with van der Waals surface area (Å²) in [7, 11) is 0. The second kappa shape index (κ2) is 10.2. The predicted octanol–water partition coefficient (Wildman–Crippen LogP) is 11.9. The molecule has 44 heavy (non-hydrogen) atoms. The van der Waals surface area contributed by atoms with Crippen LogP contribution in [0.2, 0.25) is 0 Å². The molecule has 0 saturated heterocycles. The van der Waals surface area contributed by atoms with E-state index in [1.54, 1.807) is 0 Å². The van der Waals surface area contributed by atoms with Crippen LogP contribution in [0.25, 0.3) is 85.4 Å². The first-order valence-corrected chi connectivity index (χ1v) is 16.3. The van der Waals surface area contributed by atoms with E-state index < -0.39 is 0 Å². The van der Waals surface area contributed by atoms with Gasteiger partial charge < -0.3 is 0 Å². The van der Waals surface area contributed by atoms with Crippen molar-refractivity contribution in [3.05, 3.63) is 146 Å². The predicted molar refractivity (Wildman–Crippen MR) is 190 cm³/mol. The Morgan fingerprint density at radius 1 is 0.364 bits per heavy atom. The second-order valence-corrected chi connectivity index (χ2v) is 13.1. The molecular weight excluding hydrogens is 573 g/mol. The van der Waals surface area contributed by atoms with E-state index in [2.05, 4.69) is 127 Å². The number of fused-ring (bicyclic) bond motifs is 6. The molecule has 4 heteroatoms. The summed E-state index contributed by atoms with van der Waals surface area (Å²) in [5.74, 6) is 0.725. The van der Waals surface area contributed by atoms with Gasteiger partial charge in [-0.05, 0) is 41.5 Å². The lowest BCUT2D eigenvalue weighted by molar-refractivity contribution is 1.18. The standard InChI is InChI=1S/C40H24N2S2/c1-2-11-25(12-3-1)40-41-33(26-21-22-30-29-15-6-8-18-35(29)44-38(30)23-26)24-34(42-40)28-14-5-4-13-27(28)31-17-10-20-37-39(31)32-16-7-9-19-36(32)43-37/h1-24H. The van der Waals surface area contributed by atoms with Crippen LogP contribution in [-0.2, 0) is 0 Å². The van der Waals surface area contributed by atoms with E-state index in [1.807, 2.05) is 40.9 Å². The van der Waals surface area contributed by atoms with Crippen LogP contribution in [-0.4, -0.2) is 9.97 Å². The zero-order chi connectivity index (χ0) is 29.0. The van der Waals surface area contributed by atoms with Crippen LogP contribution < -0.4 is 0 Å². The highest BCUT2D eigenvalue weighted by molar-refractivity contribution is 7.26. The molecule has 0 aliphatic carbocycles. The molecule has 0 saturated carbocycles.